The second-order valence-electron chi connectivity index (χ2n) is 4.46. The number of rotatable bonds is 1. The average Bonchev–Trinajstić information content (AvgIpc) is 2.86. The maximum absolute atomic E-state index is 12.0. The second kappa shape index (κ2) is 3.77. The molecule has 0 bridgehead atoms. The van der Waals surface area contributed by atoms with Gasteiger partial charge in [-0.2, -0.15) is 0 Å². The Morgan fingerprint density at radius 3 is 2.88 bits per heavy atom. The van der Waals surface area contributed by atoms with Crippen molar-refractivity contribution >= 4 is 28.4 Å². The highest BCUT2D eigenvalue weighted by Crippen LogP contribution is 2.30. The van der Waals surface area contributed by atoms with Gasteiger partial charge in [0.2, 0.25) is 5.91 Å². The summed E-state index contributed by atoms with van der Waals surface area (Å²) < 4.78 is 2.03. The highest BCUT2D eigenvalue weighted by atomic mass is 35.5. The number of amides is 1. The van der Waals surface area contributed by atoms with E-state index in [1.54, 1.807) is 4.90 Å². The first-order valence-corrected chi connectivity index (χ1v) is 6.06. The fourth-order valence-electron chi connectivity index (χ4n) is 2.48. The summed E-state index contributed by atoms with van der Waals surface area (Å²) in [6, 6.07) is 7.70. The third kappa shape index (κ3) is 1.53. The Labute approximate surface area is 105 Å². The van der Waals surface area contributed by atoms with Gasteiger partial charge in [-0.15, -0.1) is 0 Å². The Balaban J connectivity index is 2.13. The molecule has 0 saturated carbocycles. The van der Waals surface area contributed by atoms with E-state index in [0.29, 0.717) is 0 Å². The zero-order valence-electron chi connectivity index (χ0n) is 9.56. The number of benzene rings is 1. The fraction of sp³-hybridized carbons (Fsp3) is 0.308. The first kappa shape index (κ1) is 10.7. The number of hydrogen-bond donors (Lipinski definition) is 0. The van der Waals surface area contributed by atoms with E-state index in [2.05, 4.69) is 0 Å². The number of likely N-dealkylation sites (tertiary alicyclic amines) is 1. The largest absolute Gasteiger partial charge is 0.344 e. The van der Waals surface area contributed by atoms with Crippen molar-refractivity contribution in [3.05, 3.63) is 35.5 Å². The van der Waals surface area contributed by atoms with Crippen LogP contribution in [0.5, 0.6) is 0 Å². The van der Waals surface area contributed by atoms with Crippen LogP contribution in [0.4, 0.5) is 0 Å². The summed E-state index contributed by atoms with van der Waals surface area (Å²) in [6.07, 6.45) is 2.82. The van der Waals surface area contributed by atoms with E-state index in [-0.39, 0.29) is 11.9 Å². The van der Waals surface area contributed by atoms with Crippen molar-refractivity contribution in [2.45, 2.75) is 12.5 Å². The Kier molecular flexibility index (Phi) is 2.37. The third-order valence-corrected chi connectivity index (χ3v) is 3.77. The van der Waals surface area contributed by atoms with Gasteiger partial charge in [-0.05, 0) is 24.6 Å². The van der Waals surface area contributed by atoms with Crippen molar-refractivity contribution in [1.82, 2.24) is 9.47 Å². The van der Waals surface area contributed by atoms with Crippen LogP contribution in [0.3, 0.4) is 0 Å². The minimum absolute atomic E-state index is 0.0732. The van der Waals surface area contributed by atoms with Gasteiger partial charge in [0.1, 0.15) is 6.04 Å². The average molecular weight is 249 g/mol. The van der Waals surface area contributed by atoms with E-state index in [4.69, 9.17) is 11.6 Å². The van der Waals surface area contributed by atoms with Crippen LogP contribution in [0.25, 0.3) is 10.9 Å². The highest BCUT2D eigenvalue weighted by molar-refractivity contribution is 6.35. The minimum atomic E-state index is -0.0732. The number of likely N-dealkylation sites (N-methyl/N-ethyl adjacent to an activating group) is 1. The molecule has 3 rings (SSSR count). The van der Waals surface area contributed by atoms with E-state index in [0.717, 1.165) is 28.9 Å². The number of halogens is 1. The first-order valence-electron chi connectivity index (χ1n) is 5.68. The number of nitrogens with zero attached hydrogens (tertiary/aromatic N) is 2. The van der Waals surface area contributed by atoms with Gasteiger partial charge in [0, 0.05) is 30.2 Å². The van der Waals surface area contributed by atoms with Gasteiger partial charge in [-0.25, -0.2) is 0 Å². The lowest BCUT2D eigenvalue weighted by Crippen LogP contribution is -2.24. The highest BCUT2D eigenvalue weighted by Gasteiger charge is 2.30. The molecule has 1 aromatic heterocycles. The molecule has 3 nitrogen and oxygen atoms in total. The van der Waals surface area contributed by atoms with Gasteiger partial charge in [0.15, 0.2) is 0 Å². The fourth-order valence-corrected chi connectivity index (χ4v) is 2.72. The number of aromatic nitrogens is 1. The monoisotopic (exact) mass is 248 g/mol. The van der Waals surface area contributed by atoms with Crippen molar-refractivity contribution in [3.63, 3.8) is 0 Å². The van der Waals surface area contributed by atoms with E-state index in [1.807, 2.05) is 42.1 Å². The summed E-state index contributed by atoms with van der Waals surface area (Å²) in [7, 11) is 1.85. The molecular weight excluding hydrogens is 236 g/mol. The molecule has 0 radical (unpaired) electrons. The van der Waals surface area contributed by atoms with E-state index in [1.165, 1.54) is 0 Å². The van der Waals surface area contributed by atoms with Gasteiger partial charge >= 0.3 is 0 Å². The van der Waals surface area contributed by atoms with Crippen molar-refractivity contribution in [2.24, 2.45) is 0 Å². The maximum Gasteiger partial charge on any atom is 0.245 e. The molecule has 4 heteroatoms. The van der Waals surface area contributed by atoms with Crippen LogP contribution >= 0.6 is 11.6 Å². The summed E-state index contributed by atoms with van der Waals surface area (Å²) >= 11 is 6.13. The van der Waals surface area contributed by atoms with Crippen LogP contribution in [0, 0.1) is 0 Å². The Bertz CT molecular complexity index is 590. The van der Waals surface area contributed by atoms with Crippen molar-refractivity contribution in [3.8, 4) is 0 Å². The molecule has 1 fully saturated rings. The molecule has 0 aliphatic carbocycles. The zero-order valence-corrected chi connectivity index (χ0v) is 10.3. The van der Waals surface area contributed by atoms with Crippen LogP contribution in [0.15, 0.2) is 30.5 Å². The van der Waals surface area contributed by atoms with Crippen LogP contribution in [0.2, 0.25) is 5.02 Å². The molecule has 1 amide bonds. The lowest BCUT2D eigenvalue weighted by atomic mass is 10.2. The molecule has 0 spiro atoms. The normalized spacial score (nSPS) is 20.5. The standard InChI is InChI=1S/C13H13ClN2O/c1-15-7-6-12(13(15)17)16-8-5-9-10(14)3-2-4-11(9)16/h2-5,8,12H,6-7H2,1H3. The molecule has 2 heterocycles. The van der Waals surface area contributed by atoms with Gasteiger partial charge in [-0.3, -0.25) is 4.79 Å². The molecule has 88 valence electrons. The van der Waals surface area contributed by atoms with E-state index in [9.17, 15) is 4.79 Å². The van der Waals surface area contributed by atoms with Crippen molar-refractivity contribution in [1.29, 1.82) is 0 Å². The lowest BCUT2D eigenvalue weighted by molar-refractivity contribution is -0.129. The number of fused-ring (bicyclic) bond motifs is 1. The second-order valence-corrected chi connectivity index (χ2v) is 4.87. The van der Waals surface area contributed by atoms with Crippen LogP contribution in [0.1, 0.15) is 12.5 Å². The van der Waals surface area contributed by atoms with Crippen molar-refractivity contribution < 1.29 is 4.79 Å². The first-order chi connectivity index (χ1) is 8.18. The Morgan fingerprint density at radius 2 is 2.18 bits per heavy atom. The maximum atomic E-state index is 12.0. The van der Waals surface area contributed by atoms with E-state index < -0.39 is 0 Å². The van der Waals surface area contributed by atoms with Crippen LogP contribution in [-0.4, -0.2) is 29.0 Å². The molecule has 1 unspecified atom stereocenters. The van der Waals surface area contributed by atoms with Gasteiger partial charge in [0.25, 0.3) is 0 Å². The third-order valence-electron chi connectivity index (χ3n) is 3.44. The minimum Gasteiger partial charge on any atom is -0.344 e. The summed E-state index contributed by atoms with van der Waals surface area (Å²) in [6.45, 7) is 0.823. The predicted octanol–water partition coefficient (Wildman–Crippen LogP) is 2.70. The molecule has 1 aliphatic rings. The van der Waals surface area contributed by atoms with Gasteiger partial charge in [-0.1, -0.05) is 17.7 Å². The quantitative estimate of drug-likeness (QED) is 0.762. The SMILES string of the molecule is CN1CCC(n2ccc3c(Cl)cccc32)C1=O. The summed E-state index contributed by atoms with van der Waals surface area (Å²) in [5.41, 5.74) is 1.03. The molecule has 2 aromatic rings. The van der Waals surface area contributed by atoms with Crippen LogP contribution < -0.4 is 0 Å². The molecule has 1 atom stereocenters. The zero-order chi connectivity index (χ0) is 12.0. The summed E-state index contributed by atoms with van der Waals surface area (Å²) in [5.74, 6) is 0.183. The number of hydrogen-bond acceptors (Lipinski definition) is 1. The smallest absolute Gasteiger partial charge is 0.245 e. The number of carbonyl (C=O) groups is 1. The molecule has 1 aromatic carbocycles. The van der Waals surface area contributed by atoms with Crippen LogP contribution in [-0.2, 0) is 4.79 Å². The molecule has 1 aliphatic heterocycles. The lowest BCUT2D eigenvalue weighted by Gasteiger charge is -2.13. The summed E-state index contributed by atoms with van der Waals surface area (Å²) in [5, 5.41) is 1.75. The molecule has 17 heavy (non-hydrogen) atoms. The Morgan fingerprint density at radius 1 is 1.35 bits per heavy atom. The van der Waals surface area contributed by atoms with Crippen molar-refractivity contribution in [2.75, 3.05) is 13.6 Å². The predicted molar refractivity (Wildman–Crippen MR) is 68.2 cm³/mol. The summed E-state index contributed by atoms with van der Waals surface area (Å²) in [4.78, 5) is 13.8. The molecule has 0 N–H and O–H groups in total. The van der Waals surface area contributed by atoms with E-state index >= 15 is 0 Å². The van der Waals surface area contributed by atoms with Gasteiger partial charge < -0.3 is 9.47 Å². The number of carbonyl (C=O) groups excluding carboxylic acids is 1. The Hall–Kier alpha value is -1.48. The molecule has 1 saturated heterocycles. The van der Waals surface area contributed by atoms with Gasteiger partial charge in [0.05, 0.1) is 5.52 Å². The topological polar surface area (TPSA) is 25.2 Å². The molecular formula is C13H13ClN2O.